The Morgan fingerprint density at radius 2 is 1.81 bits per heavy atom. The molecule has 0 aliphatic carbocycles. The molecular weight excluding hydrogens is 446 g/mol. The number of benzene rings is 3. The number of carbonyl (C=O) groups excluding carboxylic acids is 1. The van der Waals surface area contributed by atoms with Crippen molar-refractivity contribution in [2.75, 3.05) is 6.61 Å². The Labute approximate surface area is 196 Å². The lowest BCUT2D eigenvalue weighted by molar-refractivity contribution is 0.0728. The van der Waals surface area contributed by atoms with Crippen LogP contribution in [0.3, 0.4) is 0 Å². The Balaban J connectivity index is 1.67. The number of hydrogen-bond acceptors (Lipinski definition) is 6. The van der Waals surface area contributed by atoms with E-state index in [9.17, 15) is 4.79 Å². The second-order valence-corrected chi connectivity index (χ2v) is 7.87. The zero-order valence-electron chi connectivity index (χ0n) is 17.4. The van der Waals surface area contributed by atoms with Crippen molar-refractivity contribution >= 4 is 40.7 Å². The molecule has 3 aromatic rings. The Hall–Kier alpha value is -3.29. The van der Waals surface area contributed by atoms with E-state index in [0.29, 0.717) is 28.3 Å². The first-order valence-electron chi connectivity index (χ1n) is 9.83. The number of halogens is 1. The Morgan fingerprint density at radius 3 is 2.56 bits per heavy atom. The van der Waals surface area contributed by atoms with Gasteiger partial charge in [-0.2, -0.15) is 5.10 Å². The molecule has 3 rings (SSSR count). The summed E-state index contributed by atoms with van der Waals surface area (Å²) in [6.07, 6.45) is 1.55. The molecule has 32 heavy (non-hydrogen) atoms. The van der Waals surface area contributed by atoms with E-state index in [1.165, 1.54) is 11.8 Å². The van der Waals surface area contributed by atoms with Crippen molar-refractivity contribution in [3.05, 3.63) is 94.5 Å². The maximum atomic E-state index is 12.5. The van der Waals surface area contributed by atoms with E-state index in [1.807, 2.05) is 37.3 Å². The standard InChI is InChI=1S/C24H22ClN3O3S/c1-2-30-22-14-18(15-27-28-24(26)32-16-17-8-4-3-5-9-17)12-13-21(22)31-23(29)19-10-6-7-11-20(19)25/h3-15H,2,16H2,1H3,(H2,26,28). The molecule has 8 heteroatoms. The number of amidine groups is 1. The number of rotatable bonds is 8. The largest absolute Gasteiger partial charge is 0.490 e. The Bertz CT molecular complexity index is 1120. The van der Waals surface area contributed by atoms with Gasteiger partial charge in [-0.15, -0.1) is 5.10 Å². The summed E-state index contributed by atoms with van der Waals surface area (Å²) in [6.45, 7) is 2.24. The highest BCUT2D eigenvalue weighted by atomic mass is 35.5. The number of nitrogens with zero attached hydrogens (tertiary/aromatic N) is 2. The SMILES string of the molecule is CCOc1cc(C=NN=C(N)SCc2ccccc2)ccc1OC(=O)c1ccccc1Cl. The maximum absolute atomic E-state index is 12.5. The first-order chi connectivity index (χ1) is 15.6. The Morgan fingerprint density at radius 1 is 1.06 bits per heavy atom. The van der Waals surface area contributed by atoms with Gasteiger partial charge >= 0.3 is 5.97 Å². The predicted molar refractivity (Wildman–Crippen MR) is 131 cm³/mol. The van der Waals surface area contributed by atoms with Crippen LogP contribution in [0.1, 0.15) is 28.4 Å². The van der Waals surface area contributed by atoms with Gasteiger partial charge in [-0.25, -0.2) is 4.79 Å². The third-order valence-corrected chi connectivity index (χ3v) is 5.34. The van der Waals surface area contributed by atoms with Crippen LogP contribution < -0.4 is 15.2 Å². The van der Waals surface area contributed by atoms with Crippen LogP contribution in [0.2, 0.25) is 5.02 Å². The highest BCUT2D eigenvalue weighted by molar-refractivity contribution is 8.13. The van der Waals surface area contributed by atoms with E-state index in [0.717, 1.165) is 11.1 Å². The van der Waals surface area contributed by atoms with Crippen molar-refractivity contribution in [3.8, 4) is 11.5 Å². The molecule has 0 heterocycles. The van der Waals surface area contributed by atoms with Gasteiger partial charge in [0.2, 0.25) is 0 Å². The number of nitrogens with two attached hydrogens (primary N) is 1. The molecule has 0 atom stereocenters. The summed E-state index contributed by atoms with van der Waals surface area (Å²) in [5.41, 5.74) is 8.07. The van der Waals surface area contributed by atoms with Crippen LogP contribution in [-0.4, -0.2) is 24.0 Å². The average Bonchev–Trinajstić information content (AvgIpc) is 2.80. The van der Waals surface area contributed by atoms with E-state index in [-0.39, 0.29) is 11.3 Å². The molecule has 0 aliphatic heterocycles. The van der Waals surface area contributed by atoms with Gasteiger partial charge in [-0.05, 0) is 48.4 Å². The summed E-state index contributed by atoms with van der Waals surface area (Å²) in [6, 6.07) is 21.8. The molecule has 0 amide bonds. The number of carbonyl (C=O) groups is 1. The molecular formula is C24H22ClN3O3S. The van der Waals surface area contributed by atoms with Crippen LogP contribution in [0.25, 0.3) is 0 Å². The highest BCUT2D eigenvalue weighted by Crippen LogP contribution is 2.29. The van der Waals surface area contributed by atoms with Crippen LogP contribution >= 0.6 is 23.4 Å². The summed E-state index contributed by atoms with van der Waals surface area (Å²) in [7, 11) is 0. The van der Waals surface area contributed by atoms with Gasteiger partial charge in [0.15, 0.2) is 16.7 Å². The zero-order valence-corrected chi connectivity index (χ0v) is 19.0. The number of esters is 1. The molecule has 0 saturated heterocycles. The van der Waals surface area contributed by atoms with Crippen LogP contribution in [-0.2, 0) is 5.75 Å². The summed E-state index contributed by atoms with van der Waals surface area (Å²) in [4.78, 5) is 12.5. The van der Waals surface area contributed by atoms with Crippen molar-refractivity contribution in [3.63, 3.8) is 0 Å². The highest BCUT2D eigenvalue weighted by Gasteiger charge is 2.15. The van der Waals surface area contributed by atoms with Gasteiger partial charge in [0, 0.05) is 5.75 Å². The predicted octanol–water partition coefficient (Wildman–Crippen LogP) is 5.54. The van der Waals surface area contributed by atoms with Gasteiger partial charge in [0.05, 0.1) is 23.4 Å². The first kappa shape index (κ1) is 23.4. The van der Waals surface area contributed by atoms with Crippen molar-refractivity contribution in [1.29, 1.82) is 0 Å². The smallest absolute Gasteiger partial charge is 0.345 e. The molecule has 0 fully saturated rings. The topological polar surface area (TPSA) is 86.3 Å². The Kier molecular flexibility index (Phi) is 8.71. The number of hydrogen-bond donors (Lipinski definition) is 1. The fourth-order valence-corrected chi connectivity index (χ4v) is 3.48. The van der Waals surface area contributed by atoms with Crippen LogP contribution in [0, 0.1) is 0 Å². The van der Waals surface area contributed by atoms with Crippen LogP contribution in [0.15, 0.2) is 83.0 Å². The third-order valence-electron chi connectivity index (χ3n) is 4.16. The van der Waals surface area contributed by atoms with Gasteiger partial charge in [0.25, 0.3) is 0 Å². The van der Waals surface area contributed by atoms with Gasteiger partial charge < -0.3 is 15.2 Å². The fraction of sp³-hybridized carbons (Fsp3) is 0.125. The second kappa shape index (κ2) is 11.9. The molecule has 0 radical (unpaired) electrons. The van der Waals surface area contributed by atoms with Crippen molar-refractivity contribution in [1.82, 2.24) is 0 Å². The molecule has 0 bridgehead atoms. The van der Waals surface area contributed by atoms with Gasteiger partial charge in [-0.3, -0.25) is 0 Å². The zero-order chi connectivity index (χ0) is 22.8. The molecule has 164 valence electrons. The van der Waals surface area contributed by atoms with Crippen LogP contribution in [0.5, 0.6) is 11.5 Å². The monoisotopic (exact) mass is 467 g/mol. The van der Waals surface area contributed by atoms with E-state index in [1.54, 1.807) is 48.7 Å². The molecule has 0 unspecified atom stereocenters. The number of ether oxygens (including phenoxy) is 2. The molecule has 6 nitrogen and oxygen atoms in total. The lowest BCUT2D eigenvalue weighted by Crippen LogP contribution is -2.10. The quantitative estimate of drug-likeness (QED) is 0.154. The van der Waals surface area contributed by atoms with E-state index in [4.69, 9.17) is 26.8 Å². The minimum absolute atomic E-state index is 0.278. The minimum Gasteiger partial charge on any atom is -0.490 e. The van der Waals surface area contributed by atoms with Crippen molar-refractivity contribution in [2.45, 2.75) is 12.7 Å². The normalized spacial score (nSPS) is 11.5. The maximum Gasteiger partial charge on any atom is 0.345 e. The summed E-state index contributed by atoms with van der Waals surface area (Å²) in [5, 5.41) is 8.74. The van der Waals surface area contributed by atoms with Gasteiger partial charge in [0.1, 0.15) is 0 Å². The van der Waals surface area contributed by atoms with E-state index in [2.05, 4.69) is 10.2 Å². The minimum atomic E-state index is -0.564. The second-order valence-electron chi connectivity index (χ2n) is 6.47. The molecule has 0 spiro atoms. The van der Waals surface area contributed by atoms with E-state index < -0.39 is 5.97 Å². The van der Waals surface area contributed by atoms with Crippen LogP contribution in [0.4, 0.5) is 0 Å². The van der Waals surface area contributed by atoms with E-state index >= 15 is 0 Å². The van der Waals surface area contributed by atoms with Crippen molar-refractivity contribution < 1.29 is 14.3 Å². The molecule has 3 aromatic carbocycles. The van der Waals surface area contributed by atoms with Crippen molar-refractivity contribution in [2.24, 2.45) is 15.9 Å². The fourth-order valence-electron chi connectivity index (χ4n) is 2.65. The lowest BCUT2D eigenvalue weighted by atomic mass is 10.2. The summed E-state index contributed by atoms with van der Waals surface area (Å²) < 4.78 is 11.1. The first-order valence-corrected chi connectivity index (χ1v) is 11.2. The summed E-state index contributed by atoms with van der Waals surface area (Å²) in [5.74, 6) is 0.847. The summed E-state index contributed by atoms with van der Waals surface area (Å²) >= 11 is 7.48. The third kappa shape index (κ3) is 6.87. The molecule has 0 saturated carbocycles. The molecule has 0 aromatic heterocycles. The number of thioether (sulfide) groups is 1. The average molecular weight is 468 g/mol. The molecule has 0 aliphatic rings. The molecule has 2 N–H and O–H groups in total. The lowest BCUT2D eigenvalue weighted by Gasteiger charge is -2.11. The van der Waals surface area contributed by atoms with Gasteiger partial charge in [-0.1, -0.05) is 65.8 Å².